The summed E-state index contributed by atoms with van der Waals surface area (Å²) >= 11 is 0. The number of carbonyl (C=O) groups excluding carboxylic acids is 1. The Hall–Kier alpha value is -0.570. The topological polar surface area (TPSA) is 60.0 Å². The number of aliphatic imine (C=N–C) groups is 1. The summed E-state index contributed by atoms with van der Waals surface area (Å²) in [5.41, 5.74) is 0. The maximum atomic E-state index is 12.7. The van der Waals surface area contributed by atoms with Gasteiger partial charge in [0.1, 0.15) is 0 Å². The summed E-state index contributed by atoms with van der Waals surface area (Å²) < 4.78 is 0. The first-order chi connectivity index (χ1) is 13.2. The van der Waals surface area contributed by atoms with E-state index < -0.39 is 0 Å². The number of nitrogens with zero attached hydrogens (tertiary/aromatic N) is 3. The minimum atomic E-state index is 0. The lowest BCUT2D eigenvalue weighted by atomic mass is 10.0. The number of likely N-dealkylation sites (tertiary alicyclic amines) is 2. The van der Waals surface area contributed by atoms with E-state index in [4.69, 9.17) is 4.99 Å². The average molecular weight is 505 g/mol. The molecule has 0 aromatic rings. The van der Waals surface area contributed by atoms with Crippen LogP contribution in [0.2, 0.25) is 0 Å². The van der Waals surface area contributed by atoms with E-state index in [1.54, 1.807) is 0 Å². The van der Waals surface area contributed by atoms with Crippen LogP contribution < -0.4 is 10.6 Å². The number of rotatable bonds is 6. The molecule has 3 aliphatic rings. The van der Waals surface area contributed by atoms with Crippen LogP contribution in [-0.2, 0) is 4.79 Å². The fourth-order valence-corrected chi connectivity index (χ4v) is 4.90. The Morgan fingerprint density at radius 2 is 1.79 bits per heavy atom. The van der Waals surface area contributed by atoms with Crippen LogP contribution in [0.3, 0.4) is 0 Å². The summed E-state index contributed by atoms with van der Waals surface area (Å²) in [5.74, 6) is 1.59. The second-order valence-corrected chi connectivity index (χ2v) is 8.39. The van der Waals surface area contributed by atoms with Crippen molar-refractivity contribution in [2.24, 2.45) is 10.9 Å². The Morgan fingerprint density at radius 1 is 1.04 bits per heavy atom. The van der Waals surface area contributed by atoms with E-state index in [1.165, 1.54) is 38.6 Å². The fourth-order valence-electron chi connectivity index (χ4n) is 4.90. The molecule has 3 rings (SSSR count). The minimum Gasteiger partial charge on any atom is -0.357 e. The Labute approximate surface area is 188 Å². The largest absolute Gasteiger partial charge is 0.357 e. The van der Waals surface area contributed by atoms with Crippen LogP contribution in [0.4, 0.5) is 0 Å². The third-order valence-corrected chi connectivity index (χ3v) is 6.50. The maximum absolute atomic E-state index is 12.7. The third-order valence-electron chi connectivity index (χ3n) is 6.50. The van der Waals surface area contributed by atoms with Gasteiger partial charge in [-0.1, -0.05) is 26.2 Å². The summed E-state index contributed by atoms with van der Waals surface area (Å²) in [5, 5.41) is 6.99. The van der Waals surface area contributed by atoms with Gasteiger partial charge in [-0.3, -0.25) is 14.7 Å². The first-order valence-electron chi connectivity index (χ1n) is 11.3. The standard InChI is InChI=1S/C21H39N5O.HI/c1-3-22-21(23-15-19-11-7-8-13-25(19)4-2)24-18-12-14-26(16-18)20(27)17-9-5-6-10-17;/h17-19H,3-16H2,1-2H3,(H2,22,23,24);1H. The fraction of sp³-hybridized carbons (Fsp3) is 0.905. The van der Waals surface area contributed by atoms with Gasteiger partial charge in [0.25, 0.3) is 0 Å². The number of piperidine rings is 1. The molecule has 162 valence electrons. The van der Waals surface area contributed by atoms with Crippen LogP contribution in [0.1, 0.15) is 65.2 Å². The van der Waals surface area contributed by atoms with E-state index in [1.807, 2.05) is 0 Å². The molecule has 2 N–H and O–H groups in total. The molecule has 0 bridgehead atoms. The van der Waals surface area contributed by atoms with Gasteiger partial charge in [0.2, 0.25) is 5.91 Å². The lowest BCUT2D eigenvalue weighted by Gasteiger charge is -2.34. The molecule has 2 saturated heterocycles. The average Bonchev–Trinajstić information content (AvgIpc) is 3.38. The summed E-state index contributed by atoms with van der Waals surface area (Å²) in [6, 6.07) is 0.894. The highest BCUT2D eigenvalue weighted by Gasteiger charge is 2.32. The maximum Gasteiger partial charge on any atom is 0.225 e. The van der Waals surface area contributed by atoms with Gasteiger partial charge in [-0.15, -0.1) is 24.0 Å². The van der Waals surface area contributed by atoms with E-state index in [0.29, 0.717) is 18.0 Å². The first-order valence-corrected chi connectivity index (χ1v) is 11.3. The van der Waals surface area contributed by atoms with Crippen LogP contribution in [0.5, 0.6) is 0 Å². The predicted octanol–water partition coefficient (Wildman–Crippen LogP) is 2.83. The van der Waals surface area contributed by atoms with Crippen molar-refractivity contribution in [1.82, 2.24) is 20.4 Å². The van der Waals surface area contributed by atoms with Crippen LogP contribution >= 0.6 is 24.0 Å². The monoisotopic (exact) mass is 505 g/mol. The van der Waals surface area contributed by atoms with Gasteiger partial charge in [0.15, 0.2) is 5.96 Å². The van der Waals surface area contributed by atoms with E-state index in [-0.39, 0.29) is 29.9 Å². The van der Waals surface area contributed by atoms with Gasteiger partial charge in [-0.05, 0) is 52.1 Å². The molecule has 2 heterocycles. The molecule has 0 spiro atoms. The zero-order chi connectivity index (χ0) is 19.1. The van der Waals surface area contributed by atoms with Gasteiger partial charge in [0, 0.05) is 37.6 Å². The van der Waals surface area contributed by atoms with E-state index >= 15 is 0 Å². The molecule has 1 saturated carbocycles. The van der Waals surface area contributed by atoms with Gasteiger partial charge >= 0.3 is 0 Å². The first kappa shape index (κ1) is 23.7. The molecular formula is C21H40IN5O. The molecule has 0 aromatic heterocycles. The van der Waals surface area contributed by atoms with E-state index in [0.717, 1.165) is 57.9 Å². The lowest BCUT2D eigenvalue weighted by Crippen LogP contribution is -2.47. The second kappa shape index (κ2) is 12.2. The van der Waals surface area contributed by atoms with Crippen LogP contribution in [0.15, 0.2) is 4.99 Å². The summed E-state index contributed by atoms with van der Waals surface area (Å²) in [7, 11) is 0. The van der Waals surface area contributed by atoms with Crippen molar-refractivity contribution in [3.8, 4) is 0 Å². The molecule has 7 heteroatoms. The number of nitrogens with one attached hydrogen (secondary N) is 2. The van der Waals surface area contributed by atoms with Gasteiger partial charge in [0.05, 0.1) is 6.54 Å². The van der Waals surface area contributed by atoms with Crippen LogP contribution in [-0.4, -0.2) is 73.0 Å². The second-order valence-electron chi connectivity index (χ2n) is 8.39. The van der Waals surface area contributed by atoms with Crippen molar-refractivity contribution in [2.75, 3.05) is 39.3 Å². The van der Waals surface area contributed by atoms with Crippen molar-refractivity contribution >= 4 is 35.8 Å². The molecular weight excluding hydrogens is 465 g/mol. The minimum absolute atomic E-state index is 0. The molecule has 1 amide bonds. The summed E-state index contributed by atoms with van der Waals surface area (Å²) in [6.07, 6.45) is 9.54. The SMILES string of the molecule is CCNC(=NCC1CCCCN1CC)NC1CCN(C(=O)C2CCCC2)C1.I. The number of amides is 1. The quantitative estimate of drug-likeness (QED) is 0.331. The molecule has 2 aliphatic heterocycles. The smallest absolute Gasteiger partial charge is 0.225 e. The van der Waals surface area contributed by atoms with Crippen molar-refractivity contribution < 1.29 is 4.79 Å². The molecule has 2 atom stereocenters. The number of halogens is 1. The Morgan fingerprint density at radius 3 is 2.50 bits per heavy atom. The van der Waals surface area contributed by atoms with Gasteiger partial charge < -0.3 is 15.5 Å². The molecule has 2 unspecified atom stereocenters. The number of carbonyl (C=O) groups is 1. The lowest BCUT2D eigenvalue weighted by molar-refractivity contribution is -0.134. The Bertz CT molecular complexity index is 509. The summed E-state index contributed by atoms with van der Waals surface area (Å²) in [6.45, 7) is 10.1. The van der Waals surface area contributed by atoms with Gasteiger partial charge in [-0.2, -0.15) is 0 Å². The molecule has 0 radical (unpaired) electrons. The Kier molecular flexibility index (Phi) is 10.3. The van der Waals surface area contributed by atoms with Crippen LogP contribution in [0.25, 0.3) is 0 Å². The molecule has 1 aliphatic carbocycles. The van der Waals surface area contributed by atoms with E-state index in [9.17, 15) is 4.79 Å². The molecule has 6 nitrogen and oxygen atoms in total. The van der Waals surface area contributed by atoms with Crippen molar-refractivity contribution in [3.63, 3.8) is 0 Å². The Balaban J connectivity index is 0.00000280. The van der Waals surface area contributed by atoms with Gasteiger partial charge in [-0.25, -0.2) is 0 Å². The zero-order valence-corrected chi connectivity index (χ0v) is 20.1. The van der Waals surface area contributed by atoms with Crippen molar-refractivity contribution in [1.29, 1.82) is 0 Å². The molecule has 0 aromatic carbocycles. The number of guanidine groups is 1. The van der Waals surface area contributed by atoms with E-state index in [2.05, 4.69) is 34.3 Å². The third kappa shape index (κ3) is 6.47. The summed E-state index contributed by atoms with van der Waals surface area (Å²) in [4.78, 5) is 22.2. The normalized spacial score (nSPS) is 26.9. The number of likely N-dealkylation sites (N-methyl/N-ethyl adjacent to an activating group) is 1. The highest BCUT2D eigenvalue weighted by Crippen LogP contribution is 2.27. The van der Waals surface area contributed by atoms with Crippen molar-refractivity contribution in [2.45, 2.75) is 77.3 Å². The highest BCUT2D eigenvalue weighted by molar-refractivity contribution is 14.0. The zero-order valence-electron chi connectivity index (χ0n) is 17.8. The number of hydrogen-bond donors (Lipinski definition) is 2. The molecule has 3 fully saturated rings. The van der Waals surface area contributed by atoms with Crippen LogP contribution in [0, 0.1) is 5.92 Å². The highest BCUT2D eigenvalue weighted by atomic mass is 127. The molecule has 28 heavy (non-hydrogen) atoms. The number of hydrogen-bond acceptors (Lipinski definition) is 3. The predicted molar refractivity (Wildman–Crippen MR) is 126 cm³/mol. The van der Waals surface area contributed by atoms with Crippen molar-refractivity contribution in [3.05, 3.63) is 0 Å².